The minimum atomic E-state index is 0.567. The monoisotopic (exact) mass is 280 g/mol. The van der Waals surface area contributed by atoms with E-state index in [1.807, 2.05) is 6.07 Å². The molecule has 1 aromatic carbocycles. The molecule has 1 saturated heterocycles. The molecule has 1 aliphatic rings. The van der Waals surface area contributed by atoms with Gasteiger partial charge >= 0.3 is 0 Å². The van der Waals surface area contributed by atoms with Gasteiger partial charge in [-0.1, -0.05) is 17.7 Å². The number of halogens is 1. The molecule has 0 spiro atoms. The summed E-state index contributed by atoms with van der Waals surface area (Å²) < 4.78 is 0. The number of hydrogen-bond donors (Lipinski definition) is 1. The Morgan fingerprint density at radius 2 is 2.21 bits per heavy atom. The van der Waals surface area contributed by atoms with E-state index in [0.717, 1.165) is 18.1 Å². The molecule has 1 aliphatic heterocycles. The lowest BCUT2D eigenvalue weighted by Crippen LogP contribution is -2.40. The molecular formula is C16H25ClN2. The third-order valence-corrected chi connectivity index (χ3v) is 4.26. The molecule has 0 saturated carbocycles. The van der Waals surface area contributed by atoms with Crippen molar-refractivity contribution in [1.82, 2.24) is 10.2 Å². The first kappa shape index (κ1) is 14.8. The van der Waals surface area contributed by atoms with Crippen LogP contribution in [-0.2, 0) is 6.54 Å². The fraction of sp³-hybridized carbons (Fsp3) is 0.625. The molecule has 1 atom stereocenters. The third kappa shape index (κ3) is 4.20. The average Bonchev–Trinajstić information content (AvgIpc) is 2.84. The van der Waals surface area contributed by atoms with E-state index in [0.29, 0.717) is 12.1 Å². The van der Waals surface area contributed by atoms with E-state index in [4.69, 9.17) is 11.6 Å². The van der Waals surface area contributed by atoms with Crippen LogP contribution < -0.4 is 5.32 Å². The second kappa shape index (κ2) is 6.74. The number of nitrogens with one attached hydrogen (secondary N) is 1. The quantitative estimate of drug-likeness (QED) is 0.886. The highest BCUT2D eigenvalue weighted by Crippen LogP contribution is 2.19. The van der Waals surface area contributed by atoms with Crippen LogP contribution in [0.5, 0.6) is 0 Å². The molecule has 0 radical (unpaired) electrons. The van der Waals surface area contributed by atoms with Crippen LogP contribution in [0.1, 0.15) is 37.8 Å². The van der Waals surface area contributed by atoms with Gasteiger partial charge in [0, 0.05) is 30.2 Å². The Kier molecular flexibility index (Phi) is 5.26. The summed E-state index contributed by atoms with van der Waals surface area (Å²) in [6, 6.07) is 7.45. The first-order chi connectivity index (χ1) is 9.06. The number of aryl methyl sites for hydroxylation is 1. The highest BCUT2D eigenvalue weighted by molar-refractivity contribution is 6.30. The highest BCUT2D eigenvalue weighted by atomic mass is 35.5. The van der Waals surface area contributed by atoms with Gasteiger partial charge in [-0.25, -0.2) is 0 Å². The van der Waals surface area contributed by atoms with E-state index in [1.54, 1.807) is 0 Å². The Labute approximate surface area is 122 Å². The summed E-state index contributed by atoms with van der Waals surface area (Å²) in [6.45, 7) is 10.0. The zero-order valence-electron chi connectivity index (χ0n) is 12.2. The molecule has 1 N–H and O–H groups in total. The second-order valence-electron chi connectivity index (χ2n) is 5.89. The van der Waals surface area contributed by atoms with Crippen LogP contribution in [0.25, 0.3) is 0 Å². The van der Waals surface area contributed by atoms with Crippen molar-refractivity contribution < 1.29 is 0 Å². The summed E-state index contributed by atoms with van der Waals surface area (Å²) in [4.78, 5) is 2.55. The topological polar surface area (TPSA) is 15.3 Å². The number of benzene rings is 1. The molecule has 19 heavy (non-hydrogen) atoms. The summed E-state index contributed by atoms with van der Waals surface area (Å²) in [5.41, 5.74) is 2.67. The van der Waals surface area contributed by atoms with E-state index in [9.17, 15) is 0 Å². The van der Waals surface area contributed by atoms with Crippen molar-refractivity contribution >= 4 is 11.6 Å². The molecule has 0 amide bonds. The second-order valence-corrected chi connectivity index (χ2v) is 6.32. The SMILES string of the molecule is Cc1cc(Cl)ccc1CN(CC1CCCN1)C(C)C. The maximum absolute atomic E-state index is 6.03. The molecule has 2 nitrogen and oxygen atoms in total. The predicted molar refractivity (Wildman–Crippen MR) is 82.8 cm³/mol. The molecule has 0 aromatic heterocycles. The fourth-order valence-electron chi connectivity index (χ4n) is 2.71. The molecule has 1 heterocycles. The Hall–Kier alpha value is -0.570. The van der Waals surface area contributed by atoms with Crippen molar-refractivity contribution in [3.05, 3.63) is 34.3 Å². The summed E-state index contributed by atoms with van der Waals surface area (Å²) in [7, 11) is 0. The summed E-state index contributed by atoms with van der Waals surface area (Å²) >= 11 is 6.03. The van der Waals surface area contributed by atoms with Gasteiger partial charge in [-0.15, -0.1) is 0 Å². The third-order valence-electron chi connectivity index (χ3n) is 4.03. The molecule has 1 unspecified atom stereocenters. The van der Waals surface area contributed by atoms with Crippen LogP contribution in [0.15, 0.2) is 18.2 Å². The fourth-order valence-corrected chi connectivity index (χ4v) is 2.94. The smallest absolute Gasteiger partial charge is 0.0408 e. The van der Waals surface area contributed by atoms with Gasteiger partial charge in [0.25, 0.3) is 0 Å². The van der Waals surface area contributed by atoms with Crippen molar-refractivity contribution in [1.29, 1.82) is 0 Å². The first-order valence-corrected chi connectivity index (χ1v) is 7.66. The van der Waals surface area contributed by atoms with Crippen LogP contribution >= 0.6 is 11.6 Å². The van der Waals surface area contributed by atoms with Crippen molar-refractivity contribution in [3.8, 4) is 0 Å². The minimum Gasteiger partial charge on any atom is -0.313 e. The first-order valence-electron chi connectivity index (χ1n) is 7.28. The van der Waals surface area contributed by atoms with Gasteiger partial charge in [0.1, 0.15) is 0 Å². The maximum atomic E-state index is 6.03. The number of hydrogen-bond acceptors (Lipinski definition) is 2. The standard InChI is InChI=1S/C16H25ClN2/c1-12(2)19(11-16-5-4-8-18-16)10-14-6-7-15(17)9-13(14)3/h6-7,9,12,16,18H,4-5,8,10-11H2,1-3H3. The average molecular weight is 281 g/mol. The van der Waals surface area contributed by atoms with Crippen LogP contribution in [-0.4, -0.2) is 30.1 Å². The molecule has 2 rings (SSSR count). The molecule has 106 valence electrons. The van der Waals surface area contributed by atoms with Gasteiger partial charge < -0.3 is 5.32 Å². The molecule has 1 aromatic rings. The van der Waals surface area contributed by atoms with Crippen molar-refractivity contribution in [3.63, 3.8) is 0 Å². The molecule has 0 aliphatic carbocycles. The summed E-state index contributed by atoms with van der Waals surface area (Å²) in [6.07, 6.45) is 2.62. The predicted octanol–water partition coefficient (Wildman–Crippen LogP) is 3.61. The van der Waals surface area contributed by atoms with Gasteiger partial charge in [-0.3, -0.25) is 4.90 Å². The largest absolute Gasteiger partial charge is 0.313 e. The maximum Gasteiger partial charge on any atom is 0.0408 e. The number of rotatable bonds is 5. The van der Waals surface area contributed by atoms with Gasteiger partial charge in [0.2, 0.25) is 0 Å². The van der Waals surface area contributed by atoms with Gasteiger partial charge in [-0.2, -0.15) is 0 Å². The van der Waals surface area contributed by atoms with E-state index < -0.39 is 0 Å². The lowest BCUT2D eigenvalue weighted by Gasteiger charge is -2.30. The van der Waals surface area contributed by atoms with Crippen LogP contribution in [0.4, 0.5) is 0 Å². The molecule has 1 fully saturated rings. The van der Waals surface area contributed by atoms with Gasteiger partial charge in [-0.05, 0) is 63.4 Å². The van der Waals surface area contributed by atoms with Crippen molar-refractivity contribution in [2.24, 2.45) is 0 Å². The normalized spacial score (nSPS) is 19.6. The van der Waals surface area contributed by atoms with Crippen molar-refractivity contribution in [2.45, 2.75) is 52.2 Å². The van der Waals surface area contributed by atoms with E-state index >= 15 is 0 Å². The molecule has 0 bridgehead atoms. The Morgan fingerprint density at radius 3 is 2.79 bits per heavy atom. The lowest BCUT2D eigenvalue weighted by molar-refractivity contribution is 0.193. The van der Waals surface area contributed by atoms with Gasteiger partial charge in [0.15, 0.2) is 0 Å². The van der Waals surface area contributed by atoms with E-state index in [-0.39, 0.29) is 0 Å². The van der Waals surface area contributed by atoms with E-state index in [2.05, 4.69) is 43.1 Å². The Morgan fingerprint density at radius 1 is 1.42 bits per heavy atom. The molecular weight excluding hydrogens is 256 g/mol. The summed E-state index contributed by atoms with van der Waals surface area (Å²) in [5.74, 6) is 0. The van der Waals surface area contributed by atoms with Gasteiger partial charge in [0.05, 0.1) is 0 Å². The summed E-state index contributed by atoms with van der Waals surface area (Å²) in [5, 5.41) is 4.42. The number of nitrogens with zero attached hydrogens (tertiary/aromatic N) is 1. The van der Waals surface area contributed by atoms with Crippen molar-refractivity contribution in [2.75, 3.05) is 13.1 Å². The zero-order chi connectivity index (χ0) is 13.8. The van der Waals surface area contributed by atoms with Crippen LogP contribution in [0.2, 0.25) is 5.02 Å². The lowest BCUT2D eigenvalue weighted by atomic mass is 10.1. The Bertz CT molecular complexity index is 411. The Balaban J connectivity index is 2.02. The van der Waals surface area contributed by atoms with Crippen LogP contribution in [0.3, 0.4) is 0 Å². The molecule has 3 heteroatoms. The van der Waals surface area contributed by atoms with E-state index in [1.165, 1.54) is 30.5 Å². The zero-order valence-corrected chi connectivity index (χ0v) is 13.0. The van der Waals surface area contributed by atoms with Crippen LogP contribution in [0, 0.1) is 6.92 Å². The minimum absolute atomic E-state index is 0.567. The highest BCUT2D eigenvalue weighted by Gasteiger charge is 2.20.